The Morgan fingerprint density at radius 2 is 1.95 bits per heavy atom. The average molecular weight is 308 g/mol. The second-order valence-corrected chi connectivity index (χ2v) is 5.51. The summed E-state index contributed by atoms with van der Waals surface area (Å²) in [6.45, 7) is 2.46. The van der Waals surface area contributed by atoms with Gasteiger partial charge in [0, 0.05) is 25.2 Å². The fourth-order valence-electron chi connectivity index (χ4n) is 2.84. The van der Waals surface area contributed by atoms with Crippen LogP contribution in [0.2, 0.25) is 0 Å². The third kappa shape index (κ3) is 3.27. The highest BCUT2D eigenvalue weighted by Crippen LogP contribution is 2.26. The van der Waals surface area contributed by atoms with Crippen LogP contribution >= 0.6 is 0 Å². The third-order valence-corrected chi connectivity index (χ3v) is 4.24. The van der Waals surface area contributed by atoms with Gasteiger partial charge in [0.1, 0.15) is 5.82 Å². The summed E-state index contributed by atoms with van der Waals surface area (Å²) in [5.41, 5.74) is 0.432. The molecular formula is C16H21FN2O3. The lowest BCUT2D eigenvalue weighted by molar-refractivity contribution is -0.176. The molecule has 0 unspecified atom stereocenters. The number of amides is 2. The first-order valence-electron chi connectivity index (χ1n) is 7.34. The number of carbonyl (C=O) groups is 2. The van der Waals surface area contributed by atoms with Crippen LogP contribution in [0.3, 0.4) is 0 Å². The third-order valence-electron chi connectivity index (χ3n) is 4.24. The number of nitrogens with zero attached hydrogens (tertiary/aromatic N) is 2. The first-order chi connectivity index (χ1) is 10.5. The van der Waals surface area contributed by atoms with Crippen LogP contribution in [0, 0.1) is 11.7 Å². The lowest BCUT2D eigenvalue weighted by Gasteiger charge is -2.39. The number of hydrogen-bond acceptors (Lipinski definition) is 3. The van der Waals surface area contributed by atoms with Crippen LogP contribution < -0.4 is 0 Å². The molecule has 0 bridgehead atoms. The quantitative estimate of drug-likeness (QED) is 0.803. The van der Waals surface area contributed by atoms with Gasteiger partial charge in [-0.15, -0.1) is 0 Å². The van der Waals surface area contributed by atoms with Crippen LogP contribution in [0.4, 0.5) is 4.39 Å². The summed E-state index contributed by atoms with van der Waals surface area (Å²) in [5.74, 6) is -0.974. The minimum absolute atomic E-state index is 0.133. The summed E-state index contributed by atoms with van der Waals surface area (Å²) >= 11 is 0. The SMILES string of the molecule is CON(C)C(=O)[C@@H]1CCCN(C(=O)c2ccc(F)cc2)[C@@H]1C. The predicted molar refractivity (Wildman–Crippen MR) is 79.4 cm³/mol. The van der Waals surface area contributed by atoms with Crippen molar-refractivity contribution in [2.45, 2.75) is 25.8 Å². The highest BCUT2D eigenvalue weighted by atomic mass is 19.1. The van der Waals surface area contributed by atoms with Gasteiger partial charge >= 0.3 is 0 Å². The van der Waals surface area contributed by atoms with Crippen molar-refractivity contribution in [1.29, 1.82) is 0 Å². The number of likely N-dealkylation sites (tertiary alicyclic amines) is 1. The zero-order valence-corrected chi connectivity index (χ0v) is 13.1. The molecule has 6 heteroatoms. The van der Waals surface area contributed by atoms with Crippen molar-refractivity contribution in [3.05, 3.63) is 35.6 Å². The maximum Gasteiger partial charge on any atom is 0.254 e. The summed E-state index contributed by atoms with van der Waals surface area (Å²) in [6.07, 6.45) is 1.48. The van der Waals surface area contributed by atoms with Gasteiger partial charge in [-0.1, -0.05) is 0 Å². The van der Waals surface area contributed by atoms with Crippen LogP contribution in [-0.4, -0.2) is 48.5 Å². The maximum absolute atomic E-state index is 13.0. The Hall–Kier alpha value is -1.95. The van der Waals surface area contributed by atoms with Gasteiger partial charge in [0.05, 0.1) is 13.0 Å². The maximum atomic E-state index is 13.0. The molecule has 2 atom stereocenters. The smallest absolute Gasteiger partial charge is 0.254 e. The molecule has 1 aromatic carbocycles. The molecule has 1 aliphatic heterocycles. The monoisotopic (exact) mass is 308 g/mol. The van der Waals surface area contributed by atoms with Gasteiger partial charge < -0.3 is 4.90 Å². The number of benzene rings is 1. The highest BCUT2D eigenvalue weighted by molar-refractivity contribution is 5.95. The van der Waals surface area contributed by atoms with E-state index in [-0.39, 0.29) is 29.6 Å². The molecular weight excluding hydrogens is 287 g/mol. The lowest BCUT2D eigenvalue weighted by atomic mass is 9.89. The van der Waals surface area contributed by atoms with Crippen LogP contribution in [-0.2, 0) is 9.63 Å². The molecule has 1 aliphatic rings. The largest absolute Gasteiger partial charge is 0.335 e. The molecule has 0 spiro atoms. The van der Waals surface area contributed by atoms with Crippen LogP contribution in [0.15, 0.2) is 24.3 Å². The van der Waals surface area contributed by atoms with Crippen molar-refractivity contribution in [2.75, 3.05) is 20.7 Å². The van der Waals surface area contributed by atoms with E-state index in [1.807, 2.05) is 6.92 Å². The number of piperidine rings is 1. The van der Waals surface area contributed by atoms with E-state index >= 15 is 0 Å². The van der Waals surface area contributed by atoms with Crippen molar-refractivity contribution >= 4 is 11.8 Å². The van der Waals surface area contributed by atoms with Gasteiger partial charge in [0.2, 0.25) is 0 Å². The number of carbonyl (C=O) groups excluding carboxylic acids is 2. The molecule has 2 amide bonds. The van der Waals surface area contributed by atoms with E-state index in [1.165, 1.54) is 36.4 Å². The van der Waals surface area contributed by atoms with Crippen LogP contribution in [0.25, 0.3) is 0 Å². The summed E-state index contributed by atoms with van der Waals surface area (Å²) in [4.78, 5) is 31.5. The minimum atomic E-state index is -0.377. The molecule has 0 aromatic heterocycles. The van der Waals surface area contributed by atoms with Crippen molar-refractivity contribution in [2.24, 2.45) is 5.92 Å². The highest BCUT2D eigenvalue weighted by Gasteiger charge is 2.37. The molecule has 1 aromatic rings. The van der Waals surface area contributed by atoms with Crippen molar-refractivity contribution < 1.29 is 18.8 Å². The molecule has 0 radical (unpaired) electrons. The van der Waals surface area contributed by atoms with Crippen LogP contribution in [0.1, 0.15) is 30.1 Å². The Morgan fingerprint density at radius 3 is 2.55 bits per heavy atom. The Morgan fingerprint density at radius 1 is 1.32 bits per heavy atom. The topological polar surface area (TPSA) is 49.9 Å². The second kappa shape index (κ2) is 6.87. The fraction of sp³-hybridized carbons (Fsp3) is 0.500. The predicted octanol–water partition coefficient (Wildman–Crippen LogP) is 2.09. The molecule has 2 rings (SSSR count). The van der Waals surface area contributed by atoms with E-state index in [0.717, 1.165) is 12.8 Å². The zero-order chi connectivity index (χ0) is 16.3. The van der Waals surface area contributed by atoms with Gasteiger partial charge in [-0.25, -0.2) is 9.45 Å². The standard InChI is InChI=1S/C16H21FN2O3/c1-11-14(16(21)18(2)22-3)5-4-10-19(11)15(20)12-6-8-13(17)9-7-12/h6-9,11,14H,4-5,10H2,1-3H3/t11-,14-/m1/s1. The Balaban J connectivity index is 2.15. The van der Waals surface area contributed by atoms with Gasteiger partial charge in [0.25, 0.3) is 11.8 Å². The van der Waals surface area contributed by atoms with Gasteiger partial charge in [0.15, 0.2) is 0 Å². The summed E-state index contributed by atoms with van der Waals surface area (Å²) in [6, 6.07) is 5.25. The Kier molecular flexibility index (Phi) is 5.13. The van der Waals surface area contributed by atoms with Gasteiger partial charge in [-0.3, -0.25) is 14.4 Å². The summed E-state index contributed by atoms with van der Waals surface area (Å²) in [7, 11) is 3.00. The van der Waals surface area contributed by atoms with E-state index in [9.17, 15) is 14.0 Å². The minimum Gasteiger partial charge on any atom is -0.335 e. The average Bonchev–Trinajstić information content (AvgIpc) is 2.53. The van der Waals surface area contributed by atoms with Gasteiger partial charge in [-0.2, -0.15) is 0 Å². The Bertz CT molecular complexity index is 547. The van der Waals surface area contributed by atoms with Crippen molar-refractivity contribution in [3.63, 3.8) is 0 Å². The zero-order valence-electron chi connectivity index (χ0n) is 13.1. The van der Waals surface area contributed by atoms with E-state index in [4.69, 9.17) is 4.84 Å². The van der Waals surface area contributed by atoms with Gasteiger partial charge in [-0.05, 0) is 44.0 Å². The van der Waals surface area contributed by atoms with E-state index in [0.29, 0.717) is 12.1 Å². The molecule has 1 fully saturated rings. The molecule has 0 N–H and O–H groups in total. The molecule has 120 valence electrons. The number of hydrogen-bond donors (Lipinski definition) is 0. The van der Waals surface area contributed by atoms with Crippen molar-refractivity contribution in [1.82, 2.24) is 9.96 Å². The molecule has 22 heavy (non-hydrogen) atoms. The molecule has 0 aliphatic carbocycles. The lowest BCUT2D eigenvalue weighted by Crippen LogP contribution is -2.51. The normalized spacial score (nSPS) is 21.5. The number of hydroxylamine groups is 2. The van der Waals surface area contributed by atoms with Crippen molar-refractivity contribution in [3.8, 4) is 0 Å². The van der Waals surface area contributed by atoms with E-state index in [1.54, 1.807) is 11.9 Å². The molecule has 1 saturated heterocycles. The molecule has 1 heterocycles. The number of halogens is 1. The van der Waals surface area contributed by atoms with E-state index in [2.05, 4.69) is 0 Å². The number of rotatable bonds is 3. The summed E-state index contributed by atoms with van der Waals surface area (Å²) < 4.78 is 13.0. The summed E-state index contributed by atoms with van der Waals surface area (Å²) in [5, 5.41) is 1.20. The molecule has 5 nitrogen and oxygen atoms in total. The first-order valence-corrected chi connectivity index (χ1v) is 7.34. The molecule has 0 saturated carbocycles. The first kappa shape index (κ1) is 16.4. The van der Waals surface area contributed by atoms with E-state index < -0.39 is 0 Å². The fourth-order valence-corrected chi connectivity index (χ4v) is 2.84. The second-order valence-electron chi connectivity index (χ2n) is 5.51. The van der Waals surface area contributed by atoms with Crippen LogP contribution in [0.5, 0.6) is 0 Å². The Labute approximate surface area is 129 Å².